The number of aromatic nitrogens is 1. The number of H-pyrrole nitrogens is 1. The number of carbonyl (C=O) groups excluding carboxylic acids is 1. The van der Waals surface area contributed by atoms with E-state index in [0.29, 0.717) is 26.8 Å². The number of alkyl carbamates (subject to hydrolysis) is 1. The standard InChI is InChI=1S/C23H21F3N2O4S2/c24-23(25,26)17-10-14(11-19-20(29)28-22(33)34-19)6-9-18(17)32-16-7-4-13(5-8-16)2-1-3-15-12-31-21(30)27-15/h4-10,15,29H,1-3,11-12H2,(H,27,30)(H,28,33). The Hall–Kier alpha value is -3.05. The van der Waals surface area contributed by atoms with E-state index in [2.05, 4.69) is 10.3 Å². The Morgan fingerprint density at radius 1 is 1.18 bits per heavy atom. The van der Waals surface area contributed by atoms with Crippen LogP contribution >= 0.6 is 23.6 Å². The number of rotatable bonds is 8. The summed E-state index contributed by atoms with van der Waals surface area (Å²) in [4.78, 5) is 14.1. The highest BCUT2D eigenvalue weighted by atomic mass is 32.1. The molecular formula is C23H21F3N2O4S2. The van der Waals surface area contributed by atoms with Gasteiger partial charge >= 0.3 is 12.3 Å². The smallest absolute Gasteiger partial charge is 0.419 e. The molecule has 1 atom stereocenters. The summed E-state index contributed by atoms with van der Waals surface area (Å²) >= 11 is 6.08. The van der Waals surface area contributed by atoms with Gasteiger partial charge in [-0.15, -0.1) is 11.3 Å². The fourth-order valence-electron chi connectivity index (χ4n) is 3.64. The first-order chi connectivity index (χ1) is 16.2. The van der Waals surface area contributed by atoms with Crippen molar-refractivity contribution in [3.8, 4) is 17.4 Å². The van der Waals surface area contributed by atoms with Crippen LogP contribution in [0.1, 0.15) is 34.4 Å². The highest BCUT2D eigenvalue weighted by Crippen LogP contribution is 2.39. The lowest BCUT2D eigenvalue weighted by Gasteiger charge is -2.15. The summed E-state index contributed by atoms with van der Waals surface area (Å²) < 4.78 is 51.9. The lowest BCUT2D eigenvalue weighted by atomic mass is 10.0. The lowest BCUT2D eigenvalue weighted by molar-refractivity contribution is -0.138. The maximum Gasteiger partial charge on any atom is 0.419 e. The molecular weight excluding hydrogens is 489 g/mol. The second-order valence-corrected chi connectivity index (χ2v) is 9.64. The lowest BCUT2D eigenvalue weighted by Crippen LogP contribution is -2.25. The van der Waals surface area contributed by atoms with Gasteiger partial charge in [0.05, 0.1) is 16.5 Å². The van der Waals surface area contributed by atoms with Crippen LogP contribution in [0.3, 0.4) is 0 Å². The Balaban J connectivity index is 1.42. The van der Waals surface area contributed by atoms with Gasteiger partial charge in [-0.1, -0.05) is 18.2 Å². The molecule has 1 fully saturated rings. The monoisotopic (exact) mass is 510 g/mol. The Labute approximate surface area is 202 Å². The minimum atomic E-state index is -4.61. The van der Waals surface area contributed by atoms with Crippen LogP contribution in [0, 0.1) is 3.95 Å². The van der Waals surface area contributed by atoms with E-state index in [1.54, 1.807) is 12.1 Å². The van der Waals surface area contributed by atoms with Crippen LogP contribution in [0.4, 0.5) is 18.0 Å². The third kappa shape index (κ3) is 6.09. The number of hydrogen-bond donors (Lipinski definition) is 3. The average molecular weight is 511 g/mol. The molecule has 1 aliphatic heterocycles. The number of benzene rings is 2. The molecule has 1 aliphatic rings. The summed E-state index contributed by atoms with van der Waals surface area (Å²) in [5.41, 5.74) is 0.491. The van der Waals surface area contributed by atoms with E-state index in [1.807, 2.05) is 12.1 Å². The number of nitrogens with one attached hydrogen (secondary N) is 2. The average Bonchev–Trinajstić information content (AvgIpc) is 3.33. The molecule has 2 heterocycles. The number of carbonyl (C=O) groups is 1. The van der Waals surface area contributed by atoms with E-state index in [-0.39, 0.29) is 24.1 Å². The number of halogens is 3. The number of cyclic esters (lactones) is 1. The van der Waals surface area contributed by atoms with Crippen LogP contribution in [0.15, 0.2) is 42.5 Å². The molecule has 4 rings (SSSR count). The van der Waals surface area contributed by atoms with Gasteiger partial charge in [-0.05, 0) is 66.9 Å². The van der Waals surface area contributed by atoms with Crippen molar-refractivity contribution in [1.29, 1.82) is 0 Å². The molecule has 0 spiro atoms. The van der Waals surface area contributed by atoms with E-state index in [9.17, 15) is 23.1 Å². The van der Waals surface area contributed by atoms with Crippen molar-refractivity contribution in [2.45, 2.75) is 37.9 Å². The zero-order valence-electron chi connectivity index (χ0n) is 17.8. The number of ether oxygens (including phenoxy) is 2. The summed E-state index contributed by atoms with van der Waals surface area (Å²) in [7, 11) is 0. The van der Waals surface area contributed by atoms with Gasteiger partial charge < -0.3 is 24.9 Å². The molecule has 0 aliphatic carbocycles. The van der Waals surface area contributed by atoms with E-state index >= 15 is 0 Å². The minimum Gasteiger partial charge on any atom is -0.494 e. The molecule has 1 amide bonds. The number of hydrogen-bond acceptors (Lipinski definition) is 6. The number of aromatic amines is 1. The first-order valence-corrected chi connectivity index (χ1v) is 11.7. The van der Waals surface area contributed by atoms with E-state index in [1.165, 1.54) is 12.1 Å². The van der Waals surface area contributed by atoms with Crippen LogP contribution in [-0.4, -0.2) is 28.8 Å². The van der Waals surface area contributed by atoms with Crippen LogP contribution < -0.4 is 10.1 Å². The van der Waals surface area contributed by atoms with Crippen molar-refractivity contribution in [1.82, 2.24) is 10.3 Å². The van der Waals surface area contributed by atoms with E-state index < -0.39 is 17.8 Å². The van der Waals surface area contributed by atoms with Gasteiger partial charge in [-0.25, -0.2) is 4.79 Å². The van der Waals surface area contributed by atoms with Gasteiger partial charge in [0.1, 0.15) is 18.1 Å². The molecule has 1 aromatic heterocycles. The summed E-state index contributed by atoms with van der Waals surface area (Å²) in [6.07, 6.45) is -2.53. The molecule has 0 bridgehead atoms. The van der Waals surface area contributed by atoms with Crippen molar-refractivity contribution < 1.29 is 32.5 Å². The molecule has 3 aromatic rings. The maximum absolute atomic E-state index is 13.7. The van der Waals surface area contributed by atoms with Crippen molar-refractivity contribution in [3.05, 3.63) is 68.0 Å². The Morgan fingerprint density at radius 2 is 1.91 bits per heavy atom. The molecule has 6 nitrogen and oxygen atoms in total. The fraction of sp³-hybridized carbons (Fsp3) is 0.304. The molecule has 0 saturated carbocycles. The predicted molar refractivity (Wildman–Crippen MR) is 123 cm³/mol. The minimum absolute atomic E-state index is 0.0132. The summed E-state index contributed by atoms with van der Waals surface area (Å²) in [6, 6.07) is 10.7. The Kier molecular flexibility index (Phi) is 7.13. The molecule has 1 saturated heterocycles. The van der Waals surface area contributed by atoms with Crippen molar-refractivity contribution >= 4 is 29.6 Å². The van der Waals surface area contributed by atoms with Gasteiger partial charge in [0.25, 0.3) is 0 Å². The van der Waals surface area contributed by atoms with Crippen molar-refractivity contribution in [2.75, 3.05) is 6.61 Å². The zero-order chi connectivity index (χ0) is 24.3. The number of aromatic hydroxyl groups is 1. The largest absolute Gasteiger partial charge is 0.494 e. The number of amides is 1. The number of aryl methyl sites for hydroxylation is 1. The highest BCUT2D eigenvalue weighted by Gasteiger charge is 2.35. The first kappa shape index (κ1) is 24.1. The topological polar surface area (TPSA) is 83.6 Å². The third-order valence-electron chi connectivity index (χ3n) is 5.32. The van der Waals surface area contributed by atoms with E-state index in [0.717, 1.165) is 42.2 Å². The predicted octanol–water partition coefficient (Wildman–Crippen LogP) is 6.34. The molecule has 0 radical (unpaired) electrons. The normalized spacial score (nSPS) is 15.7. The SMILES string of the molecule is O=C1NC(CCCc2ccc(Oc3ccc(Cc4sc(=S)[nH]c4O)cc3C(F)(F)F)cc2)CO1. The highest BCUT2D eigenvalue weighted by molar-refractivity contribution is 7.73. The zero-order valence-corrected chi connectivity index (χ0v) is 19.4. The molecule has 34 heavy (non-hydrogen) atoms. The van der Waals surface area contributed by atoms with Gasteiger partial charge in [0, 0.05) is 6.42 Å². The number of thiazole rings is 1. The molecule has 11 heteroatoms. The van der Waals surface area contributed by atoms with Crippen molar-refractivity contribution in [3.63, 3.8) is 0 Å². The number of alkyl halides is 3. The van der Waals surface area contributed by atoms with E-state index in [4.69, 9.17) is 21.7 Å². The summed E-state index contributed by atoms with van der Waals surface area (Å²) in [6.45, 7) is 0.369. The third-order valence-corrected chi connectivity index (χ3v) is 6.54. The van der Waals surface area contributed by atoms with Crippen LogP contribution in [-0.2, 0) is 23.8 Å². The quantitative estimate of drug-likeness (QED) is 0.308. The van der Waals surface area contributed by atoms with Crippen molar-refractivity contribution in [2.24, 2.45) is 0 Å². The van der Waals surface area contributed by atoms with Crippen LogP contribution in [0.2, 0.25) is 0 Å². The van der Waals surface area contributed by atoms with Gasteiger partial charge in [0.15, 0.2) is 3.95 Å². The fourth-order valence-corrected chi connectivity index (χ4v) is 4.80. The second kappa shape index (κ2) is 10.1. The summed E-state index contributed by atoms with van der Waals surface area (Å²) in [5, 5.41) is 12.6. The summed E-state index contributed by atoms with van der Waals surface area (Å²) in [5.74, 6) is -0.142. The second-order valence-electron chi connectivity index (χ2n) is 7.87. The Bertz CT molecular complexity index is 1220. The van der Waals surface area contributed by atoms with Gasteiger partial charge in [0.2, 0.25) is 5.88 Å². The van der Waals surface area contributed by atoms with Gasteiger partial charge in [-0.3, -0.25) is 0 Å². The van der Waals surface area contributed by atoms with Crippen LogP contribution in [0.25, 0.3) is 0 Å². The maximum atomic E-state index is 13.7. The van der Waals surface area contributed by atoms with Crippen LogP contribution in [0.5, 0.6) is 17.4 Å². The van der Waals surface area contributed by atoms with Gasteiger partial charge in [-0.2, -0.15) is 13.2 Å². The first-order valence-electron chi connectivity index (χ1n) is 10.5. The molecule has 2 aromatic carbocycles. The Morgan fingerprint density at radius 3 is 2.53 bits per heavy atom. The molecule has 3 N–H and O–H groups in total. The molecule has 1 unspecified atom stereocenters. The molecule has 180 valence electrons.